The summed E-state index contributed by atoms with van der Waals surface area (Å²) >= 11 is 4.10. The number of nitrogens with zero attached hydrogens (tertiary/aromatic N) is 1. The van der Waals surface area contributed by atoms with E-state index in [-0.39, 0.29) is 11.5 Å². The van der Waals surface area contributed by atoms with Crippen LogP contribution < -0.4 is 4.74 Å². The first-order chi connectivity index (χ1) is 13.5. The molecule has 0 spiro atoms. The molecule has 152 valence electrons. The van der Waals surface area contributed by atoms with E-state index in [0.717, 1.165) is 11.1 Å². The molecule has 0 unspecified atom stereocenters. The van der Waals surface area contributed by atoms with Gasteiger partial charge in [0, 0.05) is 5.41 Å². The average molecular weight is 629 g/mol. The number of aromatic hydroxyl groups is 1. The van der Waals surface area contributed by atoms with E-state index in [1.807, 2.05) is 26.0 Å². The van der Waals surface area contributed by atoms with Crippen LogP contribution >= 0.6 is 45.2 Å². The van der Waals surface area contributed by atoms with Crippen molar-refractivity contribution in [3.63, 3.8) is 0 Å². The van der Waals surface area contributed by atoms with Gasteiger partial charge in [0.2, 0.25) is 17.4 Å². The molecule has 0 atom stereocenters. The van der Waals surface area contributed by atoms with Crippen molar-refractivity contribution in [2.75, 3.05) is 0 Å². The molecule has 0 aliphatic carbocycles. The predicted molar refractivity (Wildman–Crippen MR) is 116 cm³/mol. The highest BCUT2D eigenvalue weighted by atomic mass is 127. The van der Waals surface area contributed by atoms with Gasteiger partial charge in [0.1, 0.15) is 11.5 Å². The maximum absolute atomic E-state index is 13.7. The van der Waals surface area contributed by atoms with Crippen molar-refractivity contribution in [1.82, 2.24) is 4.98 Å². The molecule has 3 rings (SSSR count). The molecule has 29 heavy (non-hydrogen) atoms. The quantitative estimate of drug-likeness (QED) is 0.199. The Balaban J connectivity index is 1.93. The number of hydrogen-bond acceptors (Lipinski definition) is 3. The molecule has 9 heteroatoms. The van der Waals surface area contributed by atoms with Crippen LogP contribution in [0.1, 0.15) is 25.0 Å². The molecule has 0 aliphatic heterocycles. The number of aromatic nitrogens is 1. The summed E-state index contributed by atoms with van der Waals surface area (Å²) in [6, 6.07) is 10.0. The molecular formula is C20H13F4I2NO2. The summed E-state index contributed by atoms with van der Waals surface area (Å²) in [4.78, 5) is 2.49. The van der Waals surface area contributed by atoms with Gasteiger partial charge in [0.25, 0.3) is 11.9 Å². The minimum atomic E-state index is -1.78. The number of pyridine rings is 1. The monoisotopic (exact) mass is 629 g/mol. The van der Waals surface area contributed by atoms with Crippen LogP contribution in [0, 0.1) is 30.7 Å². The molecule has 1 N–H and O–H groups in total. The highest BCUT2D eigenvalue weighted by Gasteiger charge is 2.26. The lowest BCUT2D eigenvalue weighted by Crippen LogP contribution is -2.19. The second kappa shape index (κ2) is 8.25. The molecule has 0 saturated carbocycles. The van der Waals surface area contributed by atoms with E-state index in [0.29, 0.717) is 7.14 Å². The Labute approximate surface area is 191 Å². The number of benzene rings is 2. The first-order valence-electron chi connectivity index (χ1n) is 8.19. The maximum atomic E-state index is 13.7. The standard InChI is InChI=1S/C20H13F4I2NO2/c1-20(2,10-7-12(25)16(28)13(26)8-10)9-3-5-11(6-4-9)29-17-14(21)18(23)27-19(24)15(17)22/h3-8,28H,1-2H3. The van der Waals surface area contributed by atoms with Crippen molar-refractivity contribution in [1.29, 1.82) is 0 Å². The number of phenolic OH excluding ortho intramolecular Hbond substituents is 1. The van der Waals surface area contributed by atoms with Gasteiger partial charge in [-0.25, -0.2) is 0 Å². The van der Waals surface area contributed by atoms with Gasteiger partial charge in [-0.05, 0) is 80.6 Å². The third-order valence-corrected chi connectivity index (χ3v) is 6.14. The molecule has 0 radical (unpaired) electrons. The number of ether oxygens (including phenoxy) is 1. The second-order valence-corrected chi connectivity index (χ2v) is 9.01. The zero-order valence-corrected chi connectivity index (χ0v) is 19.3. The molecule has 0 saturated heterocycles. The normalized spacial score (nSPS) is 11.6. The zero-order valence-electron chi connectivity index (χ0n) is 15.0. The van der Waals surface area contributed by atoms with Gasteiger partial charge < -0.3 is 9.84 Å². The smallest absolute Gasteiger partial charge is 0.255 e. The topological polar surface area (TPSA) is 42.4 Å². The molecule has 2 aromatic carbocycles. The summed E-state index contributed by atoms with van der Waals surface area (Å²) < 4.78 is 60.4. The van der Waals surface area contributed by atoms with Crippen LogP contribution in [-0.4, -0.2) is 10.1 Å². The van der Waals surface area contributed by atoms with Gasteiger partial charge in [0.15, 0.2) is 0 Å². The number of phenols is 1. The highest BCUT2D eigenvalue weighted by Crippen LogP contribution is 2.38. The van der Waals surface area contributed by atoms with Crippen molar-refractivity contribution in [3.8, 4) is 17.2 Å². The molecule has 0 bridgehead atoms. The first-order valence-corrected chi connectivity index (χ1v) is 10.3. The van der Waals surface area contributed by atoms with Crippen molar-refractivity contribution < 1.29 is 27.4 Å². The van der Waals surface area contributed by atoms with Crippen LogP contribution in [0.3, 0.4) is 0 Å². The Morgan fingerprint density at radius 3 is 1.83 bits per heavy atom. The van der Waals surface area contributed by atoms with Crippen LogP contribution in [0.2, 0.25) is 0 Å². The lowest BCUT2D eigenvalue weighted by molar-refractivity contribution is 0.343. The molecule has 0 fully saturated rings. The van der Waals surface area contributed by atoms with E-state index >= 15 is 0 Å². The minimum Gasteiger partial charge on any atom is -0.506 e. The summed E-state index contributed by atoms with van der Waals surface area (Å²) in [5.74, 6) is -7.95. The Morgan fingerprint density at radius 1 is 0.862 bits per heavy atom. The molecule has 3 nitrogen and oxygen atoms in total. The van der Waals surface area contributed by atoms with E-state index in [4.69, 9.17) is 4.74 Å². The van der Waals surface area contributed by atoms with Gasteiger partial charge in [-0.3, -0.25) is 0 Å². The van der Waals surface area contributed by atoms with Crippen LogP contribution in [0.5, 0.6) is 17.2 Å². The largest absolute Gasteiger partial charge is 0.506 e. The Hall–Kier alpha value is -1.63. The van der Waals surface area contributed by atoms with E-state index in [2.05, 4.69) is 50.2 Å². The van der Waals surface area contributed by atoms with E-state index in [1.165, 1.54) is 12.1 Å². The van der Waals surface area contributed by atoms with Crippen molar-refractivity contribution in [2.24, 2.45) is 0 Å². The zero-order chi connectivity index (χ0) is 21.5. The number of rotatable bonds is 4. The molecule has 0 aliphatic rings. The fourth-order valence-corrected chi connectivity index (χ4v) is 4.48. The third kappa shape index (κ3) is 4.30. The van der Waals surface area contributed by atoms with E-state index in [9.17, 15) is 22.7 Å². The Morgan fingerprint density at radius 2 is 1.34 bits per heavy atom. The minimum absolute atomic E-state index is 0.00205. The summed E-state index contributed by atoms with van der Waals surface area (Å²) in [5.41, 5.74) is 1.35. The van der Waals surface area contributed by atoms with Crippen molar-refractivity contribution >= 4 is 45.2 Å². The van der Waals surface area contributed by atoms with Gasteiger partial charge in [0.05, 0.1) is 7.14 Å². The van der Waals surface area contributed by atoms with E-state index < -0.39 is 34.7 Å². The molecule has 0 amide bonds. The molecular weight excluding hydrogens is 616 g/mol. The summed E-state index contributed by atoms with van der Waals surface area (Å²) in [6.45, 7) is 3.96. The fourth-order valence-electron chi connectivity index (χ4n) is 2.71. The van der Waals surface area contributed by atoms with Gasteiger partial charge in [-0.15, -0.1) is 0 Å². The van der Waals surface area contributed by atoms with Crippen molar-refractivity contribution in [2.45, 2.75) is 19.3 Å². The van der Waals surface area contributed by atoms with E-state index in [1.54, 1.807) is 12.1 Å². The third-order valence-electron chi connectivity index (χ3n) is 4.49. The van der Waals surface area contributed by atoms with Crippen LogP contribution in [0.25, 0.3) is 0 Å². The van der Waals surface area contributed by atoms with Gasteiger partial charge >= 0.3 is 0 Å². The predicted octanol–water partition coefficient (Wildman–Crippen LogP) is 6.67. The maximum Gasteiger partial charge on any atom is 0.255 e. The van der Waals surface area contributed by atoms with Crippen LogP contribution in [-0.2, 0) is 5.41 Å². The molecule has 3 aromatic rings. The highest BCUT2D eigenvalue weighted by molar-refractivity contribution is 14.1. The van der Waals surface area contributed by atoms with Crippen LogP contribution in [0.15, 0.2) is 36.4 Å². The number of hydrogen-bond donors (Lipinski definition) is 1. The Bertz CT molecular complexity index is 1040. The second-order valence-electron chi connectivity index (χ2n) is 6.69. The molecule has 1 aromatic heterocycles. The number of halogens is 6. The van der Waals surface area contributed by atoms with Gasteiger partial charge in [-0.2, -0.15) is 22.5 Å². The summed E-state index contributed by atoms with van der Waals surface area (Å²) in [7, 11) is 0. The van der Waals surface area contributed by atoms with Gasteiger partial charge in [-0.1, -0.05) is 26.0 Å². The Kier molecular flexibility index (Phi) is 6.27. The van der Waals surface area contributed by atoms with Crippen LogP contribution in [0.4, 0.5) is 17.6 Å². The summed E-state index contributed by atoms with van der Waals surface area (Å²) in [6.07, 6.45) is 0. The first kappa shape index (κ1) is 22.1. The lowest BCUT2D eigenvalue weighted by atomic mass is 9.78. The lowest BCUT2D eigenvalue weighted by Gasteiger charge is -2.27. The average Bonchev–Trinajstić information content (AvgIpc) is 2.67. The fraction of sp³-hybridized carbons (Fsp3) is 0.150. The molecule has 1 heterocycles. The summed E-state index contributed by atoms with van der Waals surface area (Å²) in [5, 5.41) is 9.98. The SMILES string of the molecule is CC(C)(c1ccc(Oc2c(F)c(F)nc(F)c2F)cc1)c1cc(I)c(O)c(I)c1. The van der Waals surface area contributed by atoms with Crippen molar-refractivity contribution in [3.05, 3.63) is 78.2 Å².